The van der Waals surface area contributed by atoms with Crippen LogP contribution >= 0.6 is 0 Å². The number of hydrogen-bond acceptors (Lipinski definition) is 9. The molecule has 0 fully saturated rings. The smallest absolute Gasteiger partial charge is 0.297 e. The largest absolute Gasteiger partial charge is 0.455 e. The SMILES string of the molecule is Nc1nonc1C(=O)N/N=C\c1ccc(-c2ccc(S(N)(=O)=O)cc2)o1. The molecule has 0 atom stereocenters. The molecule has 0 radical (unpaired) electrons. The number of hydrogen-bond donors (Lipinski definition) is 3. The number of carbonyl (C=O) groups excluding carboxylic acids is 1. The second-order valence-corrected chi connectivity index (χ2v) is 6.53. The molecule has 0 aliphatic heterocycles. The van der Waals surface area contributed by atoms with Gasteiger partial charge in [0, 0.05) is 5.56 Å². The van der Waals surface area contributed by atoms with Crippen LogP contribution in [0.5, 0.6) is 0 Å². The average molecular weight is 376 g/mol. The van der Waals surface area contributed by atoms with Gasteiger partial charge in [0.1, 0.15) is 11.5 Å². The van der Waals surface area contributed by atoms with E-state index in [4.69, 9.17) is 15.3 Å². The van der Waals surface area contributed by atoms with E-state index in [1.165, 1.54) is 18.3 Å². The first-order valence-corrected chi connectivity index (χ1v) is 8.54. The molecule has 11 nitrogen and oxygen atoms in total. The van der Waals surface area contributed by atoms with E-state index < -0.39 is 15.9 Å². The molecular weight excluding hydrogens is 364 g/mol. The molecule has 0 saturated carbocycles. The quantitative estimate of drug-likeness (QED) is 0.420. The Kier molecular flexibility index (Phi) is 4.51. The molecule has 1 aromatic carbocycles. The molecule has 26 heavy (non-hydrogen) atoms. The summed E-state index contributed by atoms with van der Waals surface area (Å²) in [6.45, 7) is 0. The Hall–Kier alpha value is -3.51. The lowest BCUT2D eigenvalue weighted by molar-refractivity contribution is 0.0946. The third kappa shape index (κ3) is 3.76. The molecule has 0 spiro atoms. The van der Waals surface area contributed by atoms with E-state index in [1.807, 2.05) is 0 Å². The third-order valence-corrected chi connectivity index (χ3v) is 4.11. The van der Waals surface area contributed by atoms with Gasteiger partial charge < -0.3 is 10.2 Å². The molecule has 2 heterocycles. The number of rotatable bonds is 5. The maximum Gasteiger partial charge on any atom is 0.297 e. The summed E-state index contributed by atoms with van der Waals surface area (Å²) < 4.78 is 32.3. The first kappa shape index (κ1) is 17.3. The van der Waals surface area contributed by atoms with Crippen LogP contribution in [0.4, 0.5) is 5.82 Å². The molecule has 1 amide bonds. The van der Waals surface area contributed by atoms with E-state index in [1.54, 1.807) is 24.3 Å². The molecule has 0 unspecified atom stereocenters. The maximum atomic E-state index is 11.7. The highest BCUT2D eigenvalue weighted by Crippen LogP contribution is 2.22. The number of primary sulfonamides is 1. The van der Waals surface area contributed by atoms with Gasteiger partial charge in [-0.1, -0.05) is 0 Å². The molecule has 3 rings (SSSR count). The van der Waals surface area contributed by atoms with Crippen LogP contribution in [-0.4, -0.2) is 30.9 Å². The average Bonchev–Trinajstić information content (AvgIpc) is 3.23. The van der Waals surface area contributed by atoms with Crippen molar-refractivity contribution in [2.24, 2.45) is 10.2 Å². The Morgan fingerprint density at radius 1 is 1.15 bits per heavy atom. The highest BCUT2D eigenvalue weighted by atomic mass is 32.2. The number of amides is 1. The molecule has 0 aliphatic rings. The number of hydrazone groups is 1. The number of nitrogen functional groups attached to an aromatic ring is 1. The molecule has 0 aliphatic carbocycles. The van der Waals surface area contributed by atoms with Crippen molar-refractivity contribution >= 4 is 28.0 Å². The molecule has 134 valence electrons. The summed E-state index contributed by atoms with van der Waals surface area (Å²) in [6, 6.07) is 9.14. The Morgan fingerprint density at radius 3 is 2.50 bits per heavy atom. The molecule has 12 heteroatoms. The van der Waals surface area contributed by atoms with Gasteiger partial charge in [-0.25, -0.2) is 23.6 Å². The topological polar surface area (TPSA) is 180 Å². The van der Waals surface area contributed by atoms with Crippen molar-refractivity contribution in [2.45, 2.75) is 4.90 Å². The number of nitrogens with one attached hydrogen (secondary N) is 1. The molecule has 3 aromatic rings. The first-order chi connectivity index (χ1) is 12.3. The lowest BCUT2D eigenvalue weighted by Gasteiger charge is -2.00. The van der Waals surface area contributed by atoms with Crippen LogP contribution < -0.4 is 16.3 Å². The highest BCUT2D eigenvalue weighted by molar-refractivity contribution is 7.89. The van der Waals surface area contributed by atoms with Crippen molar-refractivity contribution in [3.63, 3.8) is 0 Å². The molecule has 0 bridgehead atoms. The summed E-state index contributed by atoms with van der Waals surface area (Å²) >= 11 is 0. The predicted octanol–water partition coefficient (Wildman–Crippen LogP) is 0.323. The summed E-state index contributed by atoms with van der Waals surface area (Å²) in [6.07, 6.45) is 1.27. The van der Waals surface area contributed by atoms with Gasteiger partial charge in [0.2, 0.25) is 21.5 Å². The fraction of sp³-hybridized carbons (Fsp3) is 0. The Bertz CT molecular complexity index is 1070. The first-order valence-electron chi connectivity index (χ1n) is 6.99. The normalized spacial score (nSPS) is 11.7. The monoisotopic (exact) mass is 376 g/mol. The van der Waals surface area contributed by atoms with Gasteiger partial charge in [-0.2, -0.15) is 5.10 Å². The third-order valence-electron chi connectivity index (χ3n) is 3.18. The minimum absolute atomic E-state index is 0.000997. The summed E-state index contributed by atoms with van der Waals surface area (Å²) in [5.41, 5.74) is 8.04. The van der Waals surface area contributed by atoms with E-state index >= 15 is 0 Å². The van der Waals surface area contributed by atoms with Crippen molar-refractivity contribution in [1.29, 1.82) is 0 Å². The molecular formula is C14H12N6O5S. The second kappa shape index (κ2) is 6.78. The zero-order valence-electron chi connectivity index (χ0n) is 13.0. The van der Waals surface area contributed by atoms with Crippen LogP contribution in [0.2, 0.25) is 0 Å². The highest BCUT2D eigenvalue weighted by Gasteiger charge is 2.15. The number of carbonyl (C=O) groups is 1. The van der Waals surface area contributed by atoms with Gasteiger partial charge in [0.15, 0.2) is 0 Å². The number of sulfonamides is 1. The van der Waals surface area contributed by atoms with Crippen molar-refractivity contribution < 1.29 is 22.3 Å². The van der Waals surface area contributed by atoms with Crippen LogP contribution in [0.3, 0.4) is 0 Å². The van der Waals surface area contributed by atoms with E-state index in [9.17, 15) is 13.2 Å². The summed E-state index contributed by atoms with van der Waals surface area (Å²) in [5.74, 6) is -0.0166. The number of nitrogens with two attached hydrogens (primary N) is 2. The van der Waals surface area contributed by atoms with E-state index in [2.05, 4.69) is 25.5 Å². The van der Waals surface area contributed by atoms with Crippen LogP contribution in [-0.2, 0) is 10.0 Å². The van der Waals surface area contributed by atoms with Crippen molar-refractivity contribution in [3.05, 3.63) is 47.9 Å². The lowest BCUT2D eigenvalue weighted by Crippen LogP contribution is -2.19. The summed E-state index contributed by atoms with van der Waals surface area (Å²) in [7, 11) is -3.76. The fourth-order valence-electron chi connectivity index (χ4n) is 1.95. The number of anilines is 1. The standard InChI is InChI=1S/C14H12N6O5S/c15-13-12(19-25-20-13)14(21)18-17-7-9-3-6-11(24-9)8-1-4-10(5-2-8)26(16,22)23/h1-7H,(H2,15,20)(H,18,21)(H2,16,22,23)/b17-7-. The van der Waals surface area contributed by atoms with Gasteiger partial charge in [0.05, 0.1) is 11.1 Å². The number of aromatic nitrogens is 2. The fourth-order valence-corrected chi connectivity index (χ4v) is 2.46. The van der Waals surface area contributed by atoms with E-state index in [-0.39, 0.29) is 16.4 Å². The molecule has 2 aromatic heterocycles. The van der Waals surface area contributed by atoms with Crippen LogP contribution in [0, 0.1) is 0 Å². The minimum atomic E-state index is -3.76. The van der Waals surface area contributed by atoms with Crippen molar-refractivity contribution in [3.8, 4) is 11.3 Å². The van der Waals surface area contributed by atoms with E-state index in [0.717, 1.165) is 0 Å². The Balaban J connectivity index is 1.68. The molecule has 0 saturated heterocycles. The van der Waals surface area contributed by atoms with Gasteiger partial charge in [-0.15, -0.1) is 0 Å². The van der Waals surface area contributed by atoms with Gasteiger partial charge in [-0.05, 0) is 46.7 Å². The van der Waals surface area contributed by atoms with Crippen LogP contribution in [0.1, 0.15) is 16.2 Å². The Morgan fingerprint density at radius 2 is 1.88 bits per heavy atom. The lowest BCUT2D eigenvalue weighted by atomic mass is 10.2. The predicted molar refractivity (Wildman–Crippen MR) is 89.3 cm³/mol. The summed E-state index contributed by atoms with van der Waals surface area (Å²) in [5, 5.41) is 15.4. The number of furan rings is 1. The van der Waals surface area contributed by atoms with Crippen LogP contribution in [0.15, 0.2) is 55.4 Å². The molecule has 5 N–H and O–H groups in total. The number of nitrogens with zero attached hydrogens (tertiary/aromatic N) is 3. The van der Waals surface area contributed by atoms with Gasteiger partial charge in [0.25, 0.3) is 5.91 Å². The maximum absolute atomic E-state index is 11.7. The zero-order chi connectivity index (χ0) is 18.7. The Labute approximate surface area is 146 Å². The van der Waals surface area contributed by atoms with E-state index in [0.29, 0.717) is 17.1 Å². The van der Waals surface area contributed by atoms with Crippen molar-refractivity contribution in [2.75, 3.05) is 5.73 Å². The van der Waals surface area contributed by atoms with Gasteiger partial charge >= 0.3 is 0 Å². The minimum Gasteiger partial charge on any atom is -0.455 e. The summed E-state index contributed by atoms with van der Waals surface area (Å²) in [4.78, 5) is 11.7. The number of benzene rings is 1. The van der Waals surface area contributed by atoms with Crippen molar-refractivity contribution in [1.82, 2.24) is 15.7 Å². The van der Waals surface area contributed by atoms with Crippen LogP contribution in [0.25, 0.3) is 11.3 Å². The van der Waals surface area contributed by atoms with Gasteiger partial charge in [-0.3, -0.25) is 4.79 Å². The second-order valence-electron chi connectivity index (χ2n) is 4.97. The zero-order valence-corrected chi connectivity index (χ0v) is 13.8.